The minimum Gasteiger partial charge on any atom is -0.262 e. The summed E-state index contributed by atoms with van der Waals surface area (Å²) in [7, 11) is -3.66. The fourth-order valence-corrected chi connectivity index (χ4v) is 3.53. The van der Waals surface area contributed by atoms with Crippen LogP contribution in [0, 0.1) is 11.6 Å². The Hall–Kier alpha value is -1.79. The van der Waals surface area contributed by atoms with Gasteiger partial charge in [0.1, 0.15) is 17.7 Å². The van der Waals surface area contributed by atoms with Gasteiger partial charge in [-0.15, -0.1) is 0 Å². The van der Waals surface area contributed by atoms with Crippen LogP contribution in [0.3, 0.4) is 0 Å². The lowest BCUT2D eigenvalue weighted by Gasteiger charge is -2.12. The zero-order valence-electron chi connectivity index (χ0n) is 11.8. The van der Waals surface area contributed by atoms with E-state index in [-0.39, 0.29) is 11.7 Å². The standard InChI is InChI=1S/C16H14F2O3S/c1-22(19,20)21-16-9-14(10-2-4-11(17)5-3-10)13-7-6-12(18)8-15(13)16/h2-8,14,16H,9H2,1H3/t14-,16-/m1/s1. The van der Waals surface area contributed by atoms with Crippen molar-refractivity contribution in [3.05, 3.63) is 70.8 Å². The molecule has 116 valence electrons. The SMILES string of the molecule is CS(=O)(=O)O[C@@H]1C[C@H](c2ccc(F)cc2)c2ccc(F)cc21. The highest BCUT2D eigenvalue weighted by molar-refractivity contribution is 7.86. The summed E-state index contributed by atoms with van der Waals surface area (Å²) in [6, 6.07) is 10.3. The molecule has 0 unspecified atom stereocenters. The first-order valence-electron chi connectivity index (χ1n) is 6.76. The summed E-state index contributed by atoms with van der Waals surface area (Å²) >= 11 is 0. The molecule has 0 radical (unpaired) electrons. The monoisotopic (exact) mass is 324 g/mol. The highest BCUT2D eigenvalue weighted by atomic mass is 32.2. The lowest BCUT2D eigenvalue weighted by atomic mass is 9.93. The van der Waals surface area contributed by atoms with E-state index in [1.807, 2.05) is 0 Å². The Balaban J connectivity index is 2.03. The van der Waals surface area contributed by atoms with Gasteiger partial charge in [-0.1, -0.05) is 18.2 Å². The minimum atomic E-state index is -3.66. The molecular formula is C16H14F2O3S. The molecule has 0 heterocycles. The summed E-state index contributed by atoms with van der Waals surface area (Å²) in [5.74, 6) is -0.937. The topological polar surface area (TPSA) is 43.4 Å². The summed E-state index contributed by atoms with van der Waals surface area (Å²) in [6.45, 7) is 0. The van der Waals surface area contributed by atoms with Gasteiger partial charge in [-0.05, 0) is 47.4 Å². The van der Waals surface area contributed by atoms with E-state index < -0.39 is 22.0 Å². The van der Waals surface area contributed by atoms with Crippen molar-refractivity contribution in [2.45, 2.75) is 18.4 Å². The van der Waals surface area contributed by atoms with Gasteiger partial charge in [0.15, 0.2) is 0 Å². The smallest absolute Gasteiger partial charge is 0.262 e. The molecule has 0 bridgehead atoms. The number of fused-ring (bicyclic) bond motifs is 1. The van der Waals surface area contributed by atoms with Crippen molar-refractivity contribution in [1.82, 2.24) is 0 Å². The van der Waals surface area contributed by atoms with Gasteiger partial charge in [0.05, 0.1) is 6.26 Å². The van der Waals surface area contributed by atoms with E-state index in [0.29, 0.717) is 12.0 Å². The summed E-state index contributed by atoms with van der Waals surface area (Å²) in [5, 5.41) is 0. The van der Waals surface area contributed by atoms with Crippen LogP contribution in [-0.4, -0.2) is 14.7 Å². The fourth-order valence-electron chi connectivity index (χ4n) is 2.92. The first-order chi connectivity index (χ1) is 10.3. The molecule has 0 spiro atoms. The third-order valence-electron chi connectivity index (χ3n) is 3.78. The average molecular weight is 324 g/mol. The second-order valence-corrected chi connectivity index (χ2v) is 7.00. The molecule has 3 nitrogen and oxygen atoms in total. The highest BCUT2D eigenvalue weighted by Crippen LogP contribution is 2.46. The Kier molecular flexibility index (Phi) is 3.74. The molecule has 2 atom stereocenters. The lowest BCUT2D eigenvalue weighted by Crippen LogP contribution is -2.08. The number of benzene rings is 2. The van der Waals surface area contributed by atoms with Crippen LogP contribution in [0.4, 0.5) is 8.78 Å². The fraction of sp³-hybridized carbons (Fsp3) is 0.250. The van der Waals surface area contributed by atoms with Crippen molar-refractivity contribution < 1.29 is 21.4 Å². The van der Waals surface area contributed by atoms with E-state index in [1.165, 1.54) is 24.3 Å². The summed E-state index contributed by atoms with van der Waals surface area (Å²) in [6.07, 6.45) is 0.616. The molecular weight excluding hydrogens is 310 g/mol. The molecule has 0 N–H and O–H groups in total. The van der Waals surface area contributed by atoms with Crippen LogP contribution in [0.15, 0.2) is 42.5 Å². The molecule has 0 aliphatic heterocycles. The molecule has 0 amide bonds. The number of halogens is 2. The van der Waals surface area contributed by atoms with E-state index in [1.54, 1.807) is 18.2 Å². The van der Waals surface area contributed by atoms with E-state index in [9.17, 15) is 17.2 Å². The Morgan fingerprint density at radius 3 is 2.27 bits per heavy atom. The van der Waals surface area contributed by atoms with Crippen LogP contribution in [0.2, 0.25) is 0 Å². The van der Waals surface area contributed by atoms with Gasteiger partial charge in [0.2, 0.25) is 0 Å². The first kappa shape index (κ1) is 15.1. The number of hydrogen-bond acceptors (Lipinski definition) is 3. The Morgan fingerprint density at radius 2 is 1.64 bits per heavy atom. The van der Waals surface area contributed by atoms with Gasteiger partial charge in [0, 0.05) is 5.92 Å². The Labute approximate surface area is 127 Å². The number of rotatable bonds is 3. The van der Waals surface area contributed by atoms with Gasteiger partial charge < -0.3 is 0 Å². The molecule has 1 aliphatic rings. The van der Waals surface area contributed by atoms with Crippen molar-refractivity contribution in [1.29, 1.82) is 0 Å². The van der Waals surface area contributed by atoms with Crippen molar-refractivity contribution in [3.8, 4) is 0 Å². The van der Waals surface area contributed by atoms with Crippen molar-refractivity contribution in [2.75, 3.05) is 6.26 Å². The normalized spacial score (nSPS) is 20.9. The van der Waals surface area contributed by atoms with Crippen LogP contribution in [0.1, 0.15) is 35.1 Å². The predicted octanol–water partition coefficient (Wildman–Crippen LogP) is 3.52. The molecule has 2 aromatic rings. The van der Waals surface area contributed by atoms with Crippen molar-refractivity contribution in [2.24, 2.45) is 0 Å². The van der Waals surface area contributed by atoms with Gasteiger partial charge in [-0.3, -0.25) is 4.18 Å². The molecule has 0 aromatic heterocycles. The molecule has 3 rings (SSSR count). The van der Waals surface area contributed by atoms with Crippen LogP contribution in [0.25, 0.3) is 0 Å². The maximum absolute atomic E-state index is 13.5. The van der Waals surface area contributed by atoms with Gasteiger partial charge >= 0.3 is 0 Å². The van der Waals surface area contributed by atoms with Gasteiger partial charge in [-0.25, -0.2) is 8.78 Å². The van der Waals surface area contributed by atoms with E-state index in [2.05, 4.69) is 0 Å². The van der Waals surface area contributed by atoms with Gasteiger partial charge in [0.25, 0.3) is 10.1 Å². The quantitative estimate of drug-likeness (QED) is 0.812. The van der Waals surface area contributed by atoms with E-state index in [4.69, 9.17) is 4.18 Å². The van der Waals surface area contributed by atoms with Crippen LogP contribution < -0.4 is 0 Å². The molecule has 2 aromatic carbocycles. The summed E-state index contributed by atoms with van der Waals surface area (Å²) < 4.78 is 54.5. The highest BCUT2D eigenvalue weighted by Gasteiger charge is 2.35. The molecule has 0 saturated carbocycles. The average Bonchev–Trinajstić information content (AvgIpc) is 2.76. The Bertz CT molecular complexity index is 801. The largest absolute Gasteiger partial charge is 0.264 e. The minimum absolute atomic E-state index is 0.150. The molecule has 6 heteroatoms. The van der Waals surface area contributed by atoms with Crippen molar-refractivity contribution >= 4 is 10.1 Å². The zero-order chi connectivity index (χ0) is 15.9. The predicted molar refractivity (Wildman–Crippen MR) is 77.9 cm³/mol. The summed E-state index contributed by atoms with van der Waals surface area (Å²) in [4.78, 5) is 0. The second kappa shape index (κ2) is 5.44. The third kappa shape index (κ3) is 3.03. The Morgan fingerprint density at radius 1 is 1.00 bits per heavy atom. The van der Waals surface area contributed by atoms with E-state index in [0.717, 1.165) is 17.4 Å². The van der Waals surface area contributed by atoms with Crippen LogP contribution >= 0.6 is 0 Å². The van der Waals surface area contributed by atoms with E-state index >= 15 is 0 Å². The molecule has 22 heavy (non-hydrogen) atoms. The second-order valence-electron chi connectivity index (χ2n) is 5.40. The molecule has 0 fully saturated rings. The number of hydrogen-bond donors (Lipinski definition) is 0. The zero-order valence-corrected chi connectivity index (χ0v) is 12.6. The maximum Gasteiger partial charge on any atom is 0.264 e. The molecule has 1 aliphatic carbocycles. The maximum atomic E-state index is 13.5. The molecule has 0 saturated heterocycles. The van der Waals surface area contributed by atoms with Gasteiger partial charge in [-0.2, -0.15) is 8.42 Å². The van der Waals surface area contributed by atoms with Crippen molar-refractivity contribution in [3.63, 3.8) is 0 Å². The first-order valence-corrected chi connectivity index (χ1v) is 8.58. The lowest BCUT2D eigenvalue weighted by molar-refractivity contribution is 0.213. The third-order valence-corrected chi connectivity index (χ3v) is 4.37. The van der Waals surface area contributed by atoms with Crippen LogP contribution in [-0.2, 0) is 14.3 Å². The summed E-state index contributed by atoms with van der Waals surface area (Å²) in [5.41, 5.74) is 2.18. The van der Waals surface area contributed by atoms with Crippen LogP contribution in [0.5, 0.6) is 0 Å².